The molecule has 29 heavy (non-hydrogen) atoms. The Hall–Kier alpha value is -2.19. The highest BCUT2D eigenvalue weighted by atomic mass is 35.5. The molecule has 3 N–H and O–H groups in total. The lowest BCUT2D eigenvalue weighted by atomic mass is 9.99. The van der Waals surface area contributed by atoms with Crippen LogP contribution in [-0.2, 0) is 4.74 Å². The third kappa shape index (κ3) is 5.45. The Morgan fingerprint density at radius 1 is 1.21 bits per heavy atom. The van der Waals surface area contributed by atoms with Crippen molar-refractivity contribution in [3.05, 3.63) is 52.5 Å². The first-order valence-electron chi connectivity index (χ1n) is 9.33. The molecule has 8 heteroatoms. The van der Waals surface area contributed by atoms with Gasteiger partial charge in [-0.3, -0.25) is 4.99 Å². The second-order valence-electron chi connectivity index (χ2n) is 6.77. The molecule has 0 atom stereocenters. The maximum atomic E-state index is 6.42. The molecule has 0 unspecified atom stereocenters. The molecule has 2 aromatic rings. The molecule has 0 saturated heterocycles. The quantitative estimate of drug-likeness (QED) is 0.491. The van der Waals surface area contributed by atoms with Gasteiger partial charge in [0, 0.05) is 42.4 Å². The number of hydrogen-bond acceptors (Lipinski definition) is 6. The summed E-state index contributed by atoms with van der Waals surface area (Å²) in [4.78, 5) is 7.44. The molecule has 0 amide bonds. The molecule has 0 spiro atoms. The predicted octanol–water partition coefficient (Wildman–Crippen LogP) is 3.47. The van der Waals surface area contributed by atoms with Crippen LogP contribution in [-0.4, -0.2) is 62.6 Å². The summed E-state index contributed by atoms with van der Waals surface area (Å²) >= 11 is 11.8. The van der Waals surface area contributed by atoms with Crippen LogP contribution in [0.5, 0.6) is 5.75 Å². The van der Waals surface area contributed by atoms with Crippen molar-refractivity contribution >= 4 is 45.9 Å². The van der Waals surface area contributed by atoms with E-state index in [-0.39, 0.29) is 0 Å². The normalized spacial score (nSPS) is 13.5. The van der Waals surface area contributed by atoms with Gasteiger partial charge in [-0.2, -0.15) is 0 Å². The molecule has 154 valence electrons. The number of nitrogens with zero attached hydrogens (tertiary/aromatic N) is 2. The maximum absolute atomic E-state index is 6.42. The van der Waals surface area contributed by atoms with Crippen molar-refractivity contribution in [2.45, 2.75) is 0 Å². The second-order valence-corrected chi connectivity index (χ2v) is 7.67. The van der Waals surface area contributed by atoms with Crippen LogP contribution in [0, 0.1) is 0 Å². The molecule has 1 heterocycles. The van der Waals surface area contributed by atoms with Crippen LogP contribution >= 0.6 is 23.8 Å². The summed E-state index contributed by atoms with van der Waals surface area (Å²) in [6.45, 7) is 3.18. The number of nitrogens with two attached hydrogens (primary N) is 1. The molecule has 0 saturated carbocycles. The molecule has 1 aliphatic heterocycles. The molecule has 0 aliphatic carbocycles. The number of ether oxygens (including phenoxy) is 2. The Morgan fingerprint density at radius 2 is 1.97 bits per heavy atom. The summed E-state index contributed by atoms with van der Waals surface area (Å²) in [6.07, 6.45) is 0. The molecule has 6 nitrogen and oxygen atoms in total. The van der Waals surface area contributed by atoms with Crippen LogP contribution in [0.25, 0.3) is 0 Å². The lowest BCUT2D eigenvalue weighted by Gasteiger charge is -2.18. The van der Waals surface area contributed by atoms with Crippen molar-refractivity contribution < 1.29 is 9.47 Å². The number of benzene rings is 2. The minimum Gasteiger partial charge on any atom is -0.490 e. The average Bonchev–Trinajstić information content (AvgIpc) is 2.85. The van der Waals surface area contributed by atoms with Gasteiger partial charge in [-0.05, 0) is 19.2 Å². The van der Waals surface area contributed by atoms with E-state index in [1.807, 2.05) is 43.4 Å². The zero-order valence-electron chi connectivity index (χ0n) is 16.6. The SMILES string of the molecule is COCCN(C)CCOc1cc2c(cc1N)C(c1ccccc1Cl)=NCC(=S)N2. The number of anilines is 2. The summed E-state index contributed by atoms with van der Waals surface area (Å²) in [5.41, 5.74) is 10.1. The fourth-order valence-corrected chi connectivity index (χ4v) is 3.40. The maximum Gasteiger partial charge on any atom is 0.144 e. The molecule has 0 bridgehead atoms. The van der Waals surface area contributed by atoms with Crippen LogP contribution in [0.15, 0.2) is 41.4 Å². The van der Waals surface area contributed by atoms with E-state index in [1.54, 1.807) is 7.11 Å². The topological polar surface area (TPSA) is 72.1 Å². The number of fused-ring (bicyclic) bond motifs is 1. The molecule has 2 aromatic carbocycles. The molecular weight excluding hydrogens is 408 g/mol. The zero-order chi connectivity index (χ0) is 20.8. The Bertz CT molecular complexity index is 920. The number of benzodiazepines with no additional fused rings is 1. The van der Waals surface area contributed by atoms with Crippen LogP contribution < -0.4 is 15.8 Å². The fourth-order valence-electron chi connectivity index (χ4n) is 3.00. The van der Waals surface area contributed by atoms with Gasteiger partial charge >= 0.3 is 0 Å². The molecular formula is C21H25ClN4O2S. The lowest BCUT2D eigenvalue weighted by Crippen LogP contribution is -2.27. The number of nitrogen functional groups attached to an aromatic ring is 1. The van der Waals surface area contributed by atoms with E-state index in [0.29, 0.717) is 41.2 Å². The van der Waals surface area contributed by atoms with Gasteiger partial charge in [-0.15, -0.1) is 0 Å². The van der Waals surface area contributed by atoms with Gasteiger partial charge in [0.2, 0.25) is 0 Å². The van der Waals surface area contributed by atoms with Gasteiger partial charge in [0.15, 0.2) is 0 Å². The summed E-state index contributed by atoms with van der Waals surface area (Å²) in [7, 11) is 3.72. The second kappa shape index (κ2) is 10.0. The van der Waals surface area contributed by atoms with Crippen molar-refractivity contribution in [2.24, 2.45) is 4.99 Å². The van der Waals surface area contributed by atoms with Crippen LogP contribution in [0.4, 0.5) is 11.4 Å². The number of hydrogen-bond donors (Lipinski definition) is 2. The Morgan fingerprint density at radius 3 is 2.72 bits per heavy atom. The number of rotatable bonds is 8. The zero-order valence-corrected chi connectivity index (χ0v) is 18.1. The standard InChI is InChI=1S/C21H25ClN4O2S/c1-26(7-9-27-2)8-10-28-19-12-18-15(11-17(19)23)21(24-13-20(29)25-18)14-5-3-4-6-16(14)22/h3-6,11-12H,7-10,13,23H2,1-2H3,(H,25,29). The number of thiocarbonyl (C=S) groups is 1. The van der Waals surface area contributed by atoms with E-state index >= 15 is 0 Å². The van der Waals surface area contributed by atoms with E-state index in [9.17, 15) is 0 Å². The highest BCUT2D eigenvalue weighted by Crippen LogP contribution is 2.34. The largest absolute Gasteiger partial charge is 0.490 e. The smallest absolute Gasteiger partial charge is 0.144 e. The monoisotopic (exact) mass is 432 g/mol. The van der Waals surface area contributed by atoms with Crippen molar-refractivity contribution in [1.29, 1.82) is 0 Å². The fraction of sp³-hybridized carbons (Fsp3) is 0.333. The Kier molecular flexibility index (Phi) is 7.44. The number of aliphatic imine (C=N–C) groups is 1. The van der Waals surface area contributed by atoms with E-state index in [4.69, 9.17) is 39.0 Å². The van der Waals surface area contributed by atoms with Crippen molar-refractivity contribution in [2.75, 3.05) is 58.1 Å². The van der Waals surface area contributed by atoms with Gasteiger partial charge in [0.25, 0.3) is 0 Å². The number of methoxy groups -OCH3 is 1. The summed E-state index contributed by atoms with van der Waals surface area (Å²) in [5, 5.41) is 3.88. The molecule has 0 aromatic heterocycles. The first-order chi connectivity index (χ1) is 14.0. The number of halogens is 1. The van der Waals surface area contributed by atoms with Gasteiger partial charge in [0.05, 0.1) is 30.2 Å². The number of likely N-dealkylation sites (N-methyl/N-ethyl adjacent to an activating group) is 1. The van der Waals surface area contributed by atoms with Crippen molar-refractivity contribution in [3.8, 4) is 5.75 Å². The third-order valence-electron chi connectivity index (χ3n) is 4.60. The number of nitrogens with one attached hydrogen (secondary N) is 1. The minimum absolute atomic E-state index is 0.380. The van der Waals surface area contributed by atoms with E-state index in [2.05, 4.69) is 15.2 Å². The first-order valence-corrected chi connectivity index (χ1v) is 10.1. The van der Waals surface area contributed by atoms with Crippen LogP contribution in [0.2, 0.25) is 5.02 Å². The van der Waals surface area contributed by atoms with Gasteiger partial charge < -0.3 is 25.4 Å². The van der Waals surface area contributed by atoms with E-state index in [0.717, 1.165) is 35.6 Å². The summed E-state index contributed by atoms with van der Waals surface area (Å²) in [6, 6.07) is 11.3. The summed E-state index contributed by atoms with van der Waals surface area (Å²) < 4.78 is 11.0. The molecule has 3 rings (SSSR count). The third-order valence-corrected chi connectivity index (χ3v) is 5.16. The van der Waals surface area contributed by atoms with Gasteiger partial charge in [0.1, 0.15) is 17.3 Å². The van der Waals surface area contributed by atoms with Gasteiger partial charge in [-0.25, -0.2) is 0 Å². The first kappa shape index (κ1) is 21.5. The van der Waals surface area contributed by atoms with Crippen LogP contribution in [0.1, 0.15) is 11.1 Å². The molecule has 1 aliphatic rings. The van der Waals surface area contributed by atoms with E-state index < -0.39 is 0 Å². The Labute approximate surface area is 181 Å². The minimum atomic E-state index is 0.380. The summed E-state index contributed by atoms with van der Waals surface area (Å²) in [5.74, 6) is 0.611. The lowest BCUT2D eigenvalue weighted by molar-refractivity contribution is 0.150. The highest BCUT2D eigenvalue weighted by Gasteiger charge is 2.20. The van der Waals surface area contributed by atoms with Gasteiger partial charge in [-0.1, -0.05) is 42.0 Å². The van der Waals surface area contributed by atoms with Crippen LogP contribution in [0.3, 0.4) is 0 Å². The average molecular weight is 433 g/mol. The van der Waals surface area contributed by atoms with Crippen molar-refractivity contribution in [3.63, 3.8) is 0 Å². The van der Waals surface area contributed by atoms with Crippen molar-refractivity contribution in [1.82, 2.24) is 4.90 Å². The molecule has 0 radical (unpaired) electrons. The molecule has 0 fully saturated rings. The predicted molar refractivity (Wildman–Crippen MR) is 124 cm³/mol. The van der Waals surface area contributed by atoms with E-state index in [1.165, 1.54) is 0 Å². The Balaban J connectivity index is 1.84. The highest BCUT2D eigenvalue weighted by molar-refractivity contribution is 7.80.